The highest BCUT2D eigenvalue weighted by Gasteiger charge is 2.16. The summed E-state index contributed by atoms with van der Waals surface area (Å²) in [5, 5.41) is 5.81. The molecule has 0 saturated carbocycles. The fraction of sp³-hybridized carbons (Fsp3) is 0.368. The zero-order valence-electron chi connectivity index (χ0n) is 16.4. The second kappa shape index (κ2) is 8.92. The van der Waals surface area contributed by atoms with E-state index in [2.05, 4.69) is 15.1 Å². The average molecular weight is 401 g/mol. The van der Waals surface area contributed by atoms with E-state index in [1.54, 1.807) is 30.0 Å². The highest BCUT2D eigenvalue weighted by molar-refractivity contribution is 8.00. The molecule has 0 spiro atoms. The molecule has 1 amide bonds. The molecule has 148 valence electrons. The number of thioether (sulfide) groups is 1. The van der Waals surface area contributed by atoms with Crippen LogP contribution >= 0.6 is 11.8 Å². The van der Waals surface area contributed by atoms with Crippen LogP contribution in [0.2, 0.25) is 0 Å². The number of carbonyl (C=O) groups excluding carboxylic acids is 1. The molecule has 0 radical (unpaired) electrons. The van der Waals surface area contributed by atoms with Crippen molar-refractivity contribution >= 4 is 28.7 Å². The Kier molecular flexibility index (Phi) is 6.35. The summed E-state index contributed by atoms with van der Waals surface area (Å²) < 4.78 is 12.3. The lowest BCUT2D eigenvalue weighted by atomic mass is 10.2. The number of nitrogens with zero attached hydrogens (tertiary/aromatic N) is 5. The number of rotatable bonds is 8. The third-order valence-electron chi connectivity index (χ3n) is 4.38. The molecular weight excluding hydrogens is 378 g/mol. The van der Waals surface area contributed by atoms with Gasteiger partial charge in [-0.1, -0.05) is 17.8 Å². The smallest absolute Gasteiger partial charge is 0.233 e. The Morgan fingerprint density at radius 3 is 2.71 bits per heavy atom. The van der Waals surface area contributed by atoms with Crippen LogP contribution in [0.4, 0.5) is 0 Å². The first-order valence-electron chi connectivity index (χ1n) is 8.81. The molecule has 0 unspecified atom stereocenters. The Morgan fingerprint density at radius 1 is 1.21 bits per heavy atom. The van der Waals surface area contributed by atoms with Gasteiger partial charge < -0.3 is 14.4 Å². The van der Waals surface area contributed by atoms with Crippen LogP contribution in [0.1, 0.15) is 12.5 Å². The maximum Gasteiger partial charge on any atom is 0.233 e. The molecule has 0 N–H and O–H groups in total. The summed E-state index contributed by atoms with van der Waals surface area (Å²) >= 11 is 1.40. The van der Waals surface area contributed by atoms with Gasteiger partial charge in [0.25, 0.3) is 0 Å². The summed E-state index contributed by atoms with van der Waals surface area (Å²) in [7, 11) is 5.03. The van der Waals surface area contributed by atoms with Crippen molar-refractivity contribution in [2.75, 3.05) is 26.5 Å². The van der Waals surface area contributed by atoms with E-state index in [1.165, 1.54) is 18.1 Å². The Balaban J connectivity index is 1.68. The van der Waals surface area contributed by atoms with Crippen LogP contribution in [0.25, 0.3) is 11.0 Å². The topological polar surface area (TPSA) is 82.4 Å². The molecule has 2 aromatic heterocycles. The number of aromatic nitrogens is 4. The highest BCUT2D eigenvalue weighted by atomic mass is 32.2. The van der Waals surface area contributed by atoms with Gasteiger partial charge in [0, 0.05) is 20.1 Å². The number of hydrogen-bond donors (Lipinski definition) is 0. The van der Waals surface area contributed by atoms with Crippen molar-refractivity contribution in [3.05, 3.63) is 36.3 Å². The predicted octanol–water partition coefficient (Wildman–Crippen LogP) is 2.52. The van der Waals surface area contributed by atoms with Gasteiger partial charge in [-0.05, 0) is 24.6 Å². The van der Waals surface area contributed by atoms with E-state index >= 15 is 0 Å². The number of hydrogen-bond acceptors (Lipinski definition) is 7. The molecular formula is C19H23N5O3S. The van der Waals surface area contributed by atoms with E-state index in [4.69, 9.17) is 9.47 Å². The van der Waals surface area contributed by atoms with Gasteiger partial charge in [0.2, 0.25) is 5.91 Å². The molecule has 0 aliphatic carbocycles. The van der Waals surface area contributed by atoms with E-state index in [-0.39, 0.29) is 5.91 Å². The SMILES string of the molecule is CCN(Cc1ccc(OC)c(OC)c1)C(=O)CSc1ncnc2c1cnn2C. The summed E-state index contributed by atoms with van der Waals surface area (Å²) in [6.07, 6.45) is 3.22. The fourth-order valence-electron chi connectivity index (χ4n) is 2.85. The van der Waals surface area contributed by atoms with Crippen molar-refractivity contribution in [2.24, 2.45) is 7.05 Å². The number of fused-ring (bicyclic) bond motifs is 1. The second-order valence-corrected chi connectivity index (χ2v) is 7.03. The largest absolute Gasteiger partial charge is 0.493 e. The van der Waals surface area contributed by atoms with Gasteiger partial charge >= 0.3 is 0 Å². The second-order valence-electron chi connectivity index (χ2n) is 6.07. The molecule has 0 bridgehead atoms. The molecule has 8 nitrogen and oxygen atoms in total. The monoisotopic (exact) mass is 401 g/mol. The molecule has 0 aliphatic heterocycles. The third-order valence-corrected chi connectivity index (χ3v) is 5.37. The van der Waals surface area contributed by atoms with E-state index in [0.29, 0.717) is 30.3 Å². The van der Waals surface area contributed by atoms with Gasteiger partial charge in [0.05, 0.1) is 31.6 Å². The van der Waals surface area contributed by atoms with Crippen LogP contribution in [0.15, 0.2) is 35.7 Å². The minimum Gasteiger partial charge on any atom is -0.493 e. The van der Waals surface area contributed by atoms with Gasteiger partial charge in [-0.3, -0.25) is 9.48 Å². The molecule has 9 heteroatoms. The number of carbonyl (C=O) groups is 1. The van der Waals surface area contributed by atoms with Crippen molar-refractivity contribution in [1.29, 1.82) is 0 Å². The highest BCUT2D eigenvalue weighted by Crippen LogP contribution is 2.28. The van der Waals surface area contributed by atoms with Gasteiger partial charge in [0.1, 0.15) is 11.4 Å². The van der Waals surface area contributed by atoms with Crippen molar-refractivity contribution in [3.8, 4) is 11.5 Å². The molecule has 0 aliphatic rings. The summed E-state index contributed by atoms with van der Waals surface area (Å²) in [6.45, 7) is 3.08. The van der Waals surface area contributed by atoms with Crippen LogP contribution in [0, 0.1) is 0 Å². The summed E-state index contributed by atoms with van der Waals surface area (Å²) in [6, 6.07) is 5.68. The summed E-state index contributed by atoms with van der Waals surface area (Å²) in [4.78, 5) is 23.1. The maximum atomic E-state index is 12.8. The molecule has 28 heavy (non-hydrogen) atoms. The lowest BCUT2D eigenvalue weighted by Gasteiger charge is -2.21. The molecule has 0 fully saturated rings. The molecule has 0 saturated heterocycles. The number of ether oxygens (including phenoxy) is 2. The van der Waals surface area contributed by atoms with Crippen molar-refractivity contribution in [2.45, 2.75) is 18.5 Å². The third kappa shape index (κ3) is 4.19. The molecule has 3 rings (SSSR count). The van der Waals surface area contributed by atoms with E-state index in [1.807, 2.05) is 32.2 Å². The predicted molar refractivity (Wildman–Crippen MR) is 108 cm³/mol. The number of amides is 1. The molecule has 3 aromatic rings. The Hall–Kier alpha value is -2.81. The quantitative estimate of drug-likeness (QED) is 0.424. The lowest BCUT2D eigenvalue weighted by Crippen LogP contribution is -2.31. The number of methoxy groups -OCH3 is 2. The fourth-order valence-corrected chi connectivity index (χ4v) is 3.72. The standard InChI is InChI=1S/C19H23N5O3S/c1-5-24(10-13-6-7-15(26-3)16(8-13)27-4)17(25)11-28-19-14-9-22-23(2)18(14)20-12-21-19/h6-9,12H,5,10-11H2,1-4H3. The van der Waals surface area contributed by atoms with Crippen LogP contribution in [0.5, 0.6) is 11.5 Å². The average Bonchev–Trinajstić information content (AvgIpc) is 3.11. The van der Waals surface area contributed by atoms with Crippen LogP contribution in [0.3, 0.4) is 0 Å². The van der Waals surface area contributed by atoms with Crippen LogP contribution in [-0.4, -0.2) is 57.1 Å². The van der Waals surface area contributed by atoms with Crippen molar-refractivity contribution in [1.82, 2.24) is 24.6 Å². The van der Waals surface area contributed by atoms with E-state index < -0.39 is 0 Å². The van der Waals surface area contributed by atoms with Gasteiger partial charge in [0.15, 0.2) is 17.1 Å². The first kappa shape index (κ1) is 19.9. The minimum absolute atomic E-state index is 0.0398. The van der Waals surface area contributed by atoms with Gasteiger partial charge in [-0.25, -0.2) is 9.97 Å². The van der Waals surface area contributed by atoms with Crippen molar-refractivity contribution in [3.63, 3.8) is 0 Å². The van der Waals surface area contributed by atoms with E-state index in [0.717, 1.165) is 21.6 Å². The van der Waals surface area contributed by atoms with Crippen LogP contribution < -0.4 is 9.47 Å². The Bertz CT molecular complexity index is 975. The molecule has 1 aromatic carbocycles. The lowest BCUT2D eigenvalue weighted by molar-refractivity contribution is -0.128. The summed E-state index contributed by atoms with van der Waals surface area (Å²) in [5.74, 6) is 1.65. The first-order chi connectivity index (χ1) is 13.6. The first-order valence-corrected chi connectivity index (χ1v) is 9.80. The summed E-state index contributed by atoms with van der Waals surface area (Å²) in [5.41, 5.74) is 1.73. The van der Waals surface area contributed by atoms with Gasteiger partial charge in [-0.15, -0.1) is 0 Å². The zero-order chi connectivity index (χ0) is 20.1. The van der Waals surface area contributed by atoms with Crippen LogP contribution in [-0.2, 0) is 18.4 Å². The molecule has 2 heterocycles. The number of benzene rings is 1. The van der Waals surface area contributed by atoms with Crippen molar-refractivity contribution < 1.29 is 14.3 Å². The normalized spacial score (nSPS) is 10.9. The Morgan fingerprint density at radius 2 is 2.00 bits per heavy atom. The van der Waals surface area contributed by atoms with E-state index in [9.17, 15) is 4.79 Å². The molecule has 0 atom stereocenters. The zero-order valence-corrected chi connectivity index (χ0v) is 17.2. The van der Waals surface area contributed by atoms with Gasteiger partial charge in [-0.2, -0.15) is 5.10 Å². The minimum atomic E-state index is 0.0398. The maximum absolute atomic E-state index is 12.8. The Labute approximate surface area is 167 Å². The number of aryl methyl sites for hydroxylation is 1.